The molecule has 2 aliphatic rings. The fraction of sp³-hybridized carbons (Fsp3) is 1.00. The molecule has 0 radical (unpaired) electrons. The molecule has 2 fully saturated rings. The maximum Gasteiger partial charge on any atom is 0.0110 e. The second-order valence-electron chi connectivity index (χ2n) is 6.45. The van der Waals surface area contributed by atoms with Crippen molar-refractivity contribution in [3.8, 4) is 0 Å². The van der Waals surface area contributed by atoms with Gasteiger partial charge in [-0.2, -0.15) is 0 Å². The lowest BCUT2D eigenvalue weighted by Crippen LogP contribution is -2.43. The summed E-state index contributed by atoms with van der Waals surface area (Å²) in [6.45, 7) is 14.9. The molecule has 2 heterocycles. The predicted molar refractivity (Wildman–Crippen MR) is 78.0 cm³/mol. The Balaban J connectivity index is 1.65. The minimum Gasteiger partial charge on any atom is -0.315 e. The van der Waals surface area contributed by atoms with Gasteiger partial charge in [-0.1, -0.05) is 20.3 Å². The molecule has 0 aromatic heterocycles. The molecule has 106 valence electrons. The normalized spacial score (nSPS) is 27.0. The largest absolute Gasteiger partial charge is 0.315 e. The summed E-state index contributed by atoms with van der Waals surface area (Å²) in [5.41, 5.74) is 0.628. The van der Waals surface area contributed by atoms with Crippen LogP contribution in [0.1, 0.15) is 39.5 Å². The van der Waals surface area contributed by atoms with Crippen molar-refractivity contribution in [3.63, 3.8) is 0 Å². The van der Waals surface area contributed by atoms with Crippen LogP contribution < -0.4 is 5.32 Å². The van der Waals surface area contributed by atoms with Gasteiger partial charge in [-0.25, -0.2) is 0 Å². The predicted octanol–water partition coefficient (Wildman–Crippen LogP) is 1.79. The zero-order valence-electron chi connectivity index (χ0n) is 12.4. The molecule has 3 heteroatoms. The summed E-state index contributed by atoms with van der Waals surface area (Å²) in [6, 6.07) is 0. The molecule has 0 aromatic rings. The maximum absolute atomic E-state index is 3.48. The van der Waals surface area contributed by atoms with E-state index in [4.69, 9.17) is 0 Å². The zero-order valence-corrected chi connectivity index (χ0v) is 12.4. The zero-order chi connectivity index (χ0) is 12.8. The maximum atomic E-state index is 3.48. The molecule has 0 spiro atoms. The van der Waals surface area contributed by atoms with Crippen molar-refractivity contribution < 1.29 is 0 Å². The first-order valence-corrected chi connectivity index (χ1v) is 7.87. The Morgan fingerprint density at radius 3 is 2.28 bits per heavy atom. The first kappa shape index (κ1) is 14.3. The van der Waals surface area contributed by atoms with E-state index in [0.29, 0.717) is 5.41 Å². The Kier molecular flexibility index (Phi) is 5.46. The highest BCUT2D eigenvalue weighted by Crippen LogP contribution is 2.33. The molecule has 0 bridgehead atoms. The first-order chi connectivity index (χ1) is 8.72. The molecular weight excluding hydrogens is 222 g/mol. The highest BCUT2D eigenvalue weighted by Gasteiger charge is 2.28. The topological polar surface area (TPSA) is 18.5 Å². The van der Waals surface area contributed by atoms with Gasteiger partial charge in [-0.05, 0) is 50.9 Å². The highest BCUT2D eigenvalue weighted by atomic mass is 15.2. The molecule has 3 nitrogen and oxygen atoms in total. The lowest BCUT2D eigenvalue weighted by atomic mass is 9.78. The molecule has 0 atom stereocenters. The summed E-state index contributed by atoms with van der Waals surface area (Å²) in [7, 11) is 0. The molecular formula is C15H31N3. The monoisotopic (exact) mass is 253 g/mol. The summed E-state index contributed by atoms with van der Waals surface area (Å²) in [4.78, 5) is 5.31. The van der Waals surface area contributed by atoms with E-state index in [9.17, 15) is 0 Å². The van der Waals surface area contributed by atoms with Gasteiger partial charge in [0.15, 0.2) is 0 Å². The number of hydrogen-bond acceptors (Lipinski definition) is 3. The Bertz CT molecular complexity index is 226. The number of nitrogens with zero attached hydrogens (tertiary/aromatic N) is 2. The minimum absolute atomic E-state index is 0.628. The van der Waals surface area contributed by atoms with Crippen molar-refractivity contribution in [1.82, 2.24) is 15.1 Å². The van der Waals surface area contributed by atoms with Crippen LogP contribution in [0.3, 0.4) is 0 Å². The van der Waals surface area contributed by atoms with Gasteiger partial charge < -0.3 is 15.1 Å². The van der Waals surface area contributed by atoms with E-state index in [-0.39, 0.29) is 0 Å². The van der Waals surface area contributed by atoms with Crippen LogP contribution >= 0.6 is 0 Å². The molecule has 0 saturated carbocycles. The standard InChI is InChI=1S/C15H31N3/c1-3-15(2)5-10-18(11-6-15)14-13-17-9-4-7-16-8-12-17/h16H,3-14H2,1-2H3. The average Bonchev–Trinajstić information content (AvgIpc) is 2.67. The van der Waals surface area contributed by atoms with Crippen LogP contribution in [0.15, 0.2) is 0 Å². The summed E-state index contributed by atoms with van der Waals surface area (Å²) in [5.74, 6) is 0. The average molecular weight is 253 g/mol. The van der Waals surface area contributed by atoms with Crippen molar-refractivity contribution in [2.45, 2.75) is 39.5 Å². The van der Waals surface area contributed by atoms with E-state index in [1.807, 2.05) is 0 Å². The van der Waals surface area contributed by atoms with Gasteiger partial charge in [0.05, 0.1) is 0 Å². The van der Waals surface area contributed by atoms with Crippen molar-refractivity contribution in [2.75, 3.05) is 52.4 Å². The van der Waals surface area contributed by atoms with E-state index in [1.165, 1.54) is 78.0 Å². The Hall–Kier alpha value is -0.120. The summed E-state index contributed by atoms with van der Waals surface area (Å²) < 4.78 is 0. The van der Waals surface area contributed by atoms with E-state index >= 15 is 0 Å². The molecule has 0 unspecified atom stereocenters. The third-order valence-electron chi connectivity index (χ3n) is 5.08. The lowest BCUT2D eigenvalue weighted by Gasteiger charge is -2.39. The summed E-state index contributed by atoms with van der Waals surface area (Å²) in [6.07, 6.45) is 5.45. The minimum atomic E-state index is 0.628. The van der Waals surface area contributed by atoms with Gasteiger partial charge in [-0.15, -0.1) is 0 Å². The third kappa shape index (κ3) is 4.22. The van der Waals surface area contributed by atoms with Gasteiger partial charge in [0.2, 0.25) is 0 Å². The van der Waals surface area contributed by atoms with Crippen molar-refractivity contribution in [1.29, 1.82) is 0 Å². The molecule has 2 aliphatic heterocycles. The number of rotatable bonds is 4. The second kappa shape index (κ2) is 6.88. The van der Waals surface area contributed by atoms with Crippen LogP contribution in [0.5, 0.6) is 0 Å². The SMILES string of the molecule is CCC1(C)CCN(CCN2CCCNCC2)CC1. The van der Waals surface area contributed by atoms with E-state index in [0.717, 1.165) is 0 Å². The van der Waals surface area contributed by atoms with Crippen molar-refractivity contribution in [3.05, 3.63) is 0 Å². The van der Waals surface area contributed by atoms with Crippen LogP contribution in [0, 0.1) is 5.41 Å². The molecule has 18 heavy (non-hydrogen) atoms. The van der Waals surface area contributed by atoms with Gasteiger partial charge >= 0.3 is 0 Å². The van der Waals surface area contributed by atoms with Crippen LogP contribution in [-0.4, -0.2) is 62.2 Å². The Morgan fingerprint density at radius 1 is 0.944 bits per heavy atom. The van der Waals surface area contributed by atoms with E-state index in [2.05, 4.69) is 29.0 Å². The molecule has 0 aromatic carbocycles. The molecule has 0 amide bonds. The number of piperidine rings is 1. The van der Waals surface area contributed by atoms with E-state index < -0.39 is 0 Å². The van der Waals surface area contributed by atoms with Gasteiger partial charge in [-0.3, -0.25) is 0 Å². The van der Waals surface area contributed by atoms with Crippen LogP contribution in [0.4, 0.5) is 0 Å². The smallest absolute Gasteiger partial charge is 0.0110 e. The fourth-order valence-electron chi connectivity index (χ4n) is 3.08. The van der Waals surface area contributed by atoms with Gasteiger partial charge in [0.25, 0.3) is 0 Å². The number of nitrogens with one attached hydrogen (secondary N) is 1. The highest BCUT2D eigenvalue weighted by molar-refractivity contribution is 4.81. The van der Waals surface area contributed by atoms with Crippen molar-refractivity contribution >= 4 is 0 Å². The molecule has 0 aliphatic carbocycles. The van der Waals surface area contributed by atoms with Crippen LogP contribution in [0.2, 0.25) is 0 Å². The van der Waals surface area contributed by atoms with Crippen LogP contribution in [-0.2, 0) is 0 Å². The molecule has 2 saturated heterocycles. The van der Waals surface area contributed by atoms with Gasteiger partial charge in [0, 0.05) is 26.2 Å². The summed E-state index contributed by atoms with van der Waals surface area (Å²) >= 11 is 0. The summed E-state index contributed by atoms with van der Waals surface area (Å²) in [5, 5.41) is 3.48. The lowest BCUT2D eigenvalue weighted by molar-refractivity contribution is 0.104. The third-order valence-corrected chi connectivity index (χ3v) is 5.08. The number of likely N-dealkylation sites (tertiary alicyclic amines) is 1. The molecule has 2 rings (SSSR count). The van der Waals surface area contributed by atoms with E-state index in [1.54, 1.807) is 0 Å². The Morgan fingerprint density at radius 2 is 1.61 bits per heavy atom. The quantitative estimate of drug-likeness (QED) is 0.824. The molecule has 1 N–H and O–H groups in total. The van der Waals surface area contributed by atoms with Crippen LogP contribution in [0.25, 0.3) is 0 Å². The number of hydrogen-bond donors (Lipinski definition) is 1. The van der Waals surface area contributed by atoms with Gasteiger partial charge in [0.1, 0.15) is 0 Å². The first-order valence-electron chi connectivity index (χ1n) is 7.87. The fourth-order valence-corrected chi connectivity index (χ4v) is 3.08. The second-order valence-corrected chi connectivity index (χ2v) is 6.45. The van der Waals surface area contributed by atoms with Crippen molar-refractivity contribution in [2.24, 2.45) is 5.41 Å². The Labute approximate surface area is 113 Å².